The van der Waals surface area contributed by atoms with E-state index in [4.69, 9.17) is 4.74 Å². The van der Waals surface area contributed by atoms with Crippen molar-refractivity contribution in [3.05, 3.63) is 54.1 Å². The zero-order chi connectivity index (χ0) is 18.4. The molecular formula is C18H18F2N2O3. The Labute approximate surface area is 144 Å². The van der Waals surface area contributed by atoms with E-state index in [1.54, 1.807) is 24.3 Å². The van der Waals surface area contributed by atoms with E-state index in [2.05, 4.69) is 5.32 Å². The molecule has 2 amide bonds. The van der Waals surface area contributed by atoms with Crippen molar-refractivity contribution < 1.29 is 23.1 Å². The van der Waals surface area contributed by atoms with Crippen LogP contribution in [0, 0.1) is 11.6 Å². The number of carbonyl (C=O) groups excluding carboxylic acids is 2. The number of amides is 2. The Balaban J connectivity index is 2.09. The largest absolute Gasteiger partial charge is 0.495 e. The zero-order valence-electron chi connectivity index (χ0n) is 13.9. The second-order valence-electron chi connectivity index (χ2n) is 5.24. The summed E-state index contributed by atoms with van der Waals surface area (Å²) in [5, 5.41) is 2.19. The van der Waals surface area contributed by atoms with Gasteiger partial charge in [-0.2, -0.15) is 0 Å². The van der Waals surface area contributed by atoms with Crippen molar-refractivity contribution in [1.82, 2.24) is 0 Å². The summed E-state index contributed by atoms with van der Waals surface area (Å²) in [6.07, 6.45) is -0.134. The average molecular weight is 348 g/mol. The number of nitrogens with one attached hydrogen (secondary N) is 1. The third-order valence-electron chi connectivity index (χ3n) is 3.55. The van der Waals surface area contributed by atoms with Gasteiger partial charge in [-0.05, 0) is 24.3 Å². The summed E-state index contributed by atoms with van der Waals surface area (Å²) >= 11 is 0. The van der Waals surface area contributed by atoms with Gasteiger partial charge in [0.15, 0.2) is 0 Å². The minimum atomic E-state index is -0.860. The Morgan fingerprint density at radius 3 is 2.32 bits per heavy atom. The van der Waals surface area contributed by atoms with Crippen molar-refractivity contribution >= 4 is 23.2 Å². The van der Waals surface area contributed by atoms with Gasteiger partial charge in [-0.25, -0.2) is 8.78 Å². The molecule has 0 aliphatic carbocycles. The highest BCUT2D eigenvalue weighted by Gasteiger charge is 2.18. The number of nitrogens with zero attached hydrogens (tertiary/aromatic N) is 1. The predicted molar refractivity (Wildman–Crippen MR) is 90.6 cm³/mol. The summed E-state index contributed by atoms with van der Waals surface area (Å²) < 4.78 is 32.3. The van der Waals surface area contributed by atoms with Gasteiger partial charge in [0.25, 0.3) is 0 Å². The molecule has 0 aliphatic rings. The fraction of sp³-hybridized carbons (Fsp3) is 0.222. The molecule has 2 aromatic rings. The maximum absolute atomic E-state index is 13.6. The van der Waals surface area contributed by atoms with Gasteiger partial charge in [-0.1, -0.05) is 18.2 Å². The second kappa shape index (κ2) is 8.23. The SMILES string of the molecule is COc1ccccc1N(CCC(=O)Nc1c(F)cccc1F)C(C)=O. The van der Waals surface area contributed by atoms with E-state index in [-0.39, 0.29) is 18.9 Å². The summed E-state index contributed by atoms with van der Waals surface area (Å²) in [6.45, 7) is 1.40. The van der Waals surface area contributed by atoms with Crippen LogP contribution in [0.4, 0.5) is 20.2 Å². The Morgan fingerprint density at radius 2 is 1.72 bits per heavy atom. The minimum absolute atomic E-state index is 0.0393. The first-order valence-corrected chi connectivity index (χ1v) is 7.59. The molecule has 0 spiro atoms. The maximum atomic E-state index is 13.6. The number of carbonyl (C=O) groups is 2. The lowest BCUT2D eigenvalue weighted by Crippen LogP contribution is -2.32. The highest BCUT2D eigenvalue weighted by Crippen LogP contribution is 2.28. The molecule has 0 fully saturated rings. The zero-order valence-corrected chi connectivity index (χ0v) is 13.9. The number of ether oxygens (including phenoxy) is 1. The van der Waals surface area contributed by atoms with Crippen molar-refractivity contribution in [2.75, 3.05) is 23.9 Å². The Hall–Kier alpha value is -2.96. The van der Waals surface area contributed by atoms with Crippen molar-refractivity contribution in [2.45, 2.75) is 13.3 Å². The van der Waals surface area contributed by atoms with E-state index in [1.165, 1.54) is 25.0 Å². The number of hydrogen-bond acceptors (Lipinski definition) is 3. The lowest BCUT2D eigenvalue weighted by atomic mass is 10.2. The van der Waals surface area contributed by atoms with Crippen LogP contribution in [0.25, 0.3) is 0 Å². The molecule has 0 saturated carbocycles. The number of anilines is 2. The fourth-order valence-electron chi connectivity index (χ4n) is 2.33. The van der Waals surface area contributed by atoms with Gasteiger partial charge in [0, 0.05) is 19.9 Å². The highest BCUT2D eigenvalue weighted by molar-refractivity contribution is 5.95. The van der Waals surface area contributed by atoms with Gasteiger partial charge in [0.05, 0.1) is 12.8 Å². The van der Waals surface area contributed by atoms with Crippen molar-refractivity contribution in [1.29, 1.82) is 0 Å². The number of rotatable bonds is 6. The summed E-state index contributed by atoms with van der Waals surface area (Å²) in [4.78, 5) is 25.3. The first-order chi connectivity index (χ1) is 11.9. The molecule has 0 unspecified atom stereocenters. The number of halogens is 2. The lowest BCUT2D eigenvalue weighted by Gasteiger charge is -2.23. The van der Waals surface area contributed by atoms with Crippen LogP contribution in [0.2, 0.25) is 0 Å². The van der Waals surface area contributed by atoms with Gasteiger partial charge >= 0.3 is 0 Å². The van der Waals surface area contributed by atoms with Crippen LogP contribution in [0.3, 0.4) is 0 Å². The summed E-state index contributed by atoms with van der Waals surface area (Å²) in [6, 6.07) is 10.2. The molecule has 2 aromatic carbocycles. The van der Waals surface area contributed by atoms with Crippen LogP contribution < -0.4 is 15.0 Å². The molecule has 5 nitrogen and oxygen atoms in total. The van der Waals surface area contributed by atoms with Crippen molar-refractivity contribution in [2.24, 2.45) is 0 Å². The van der Waals surface area contributed by atoms with Gasteiger partial charge in [-0.15, -0.1) is 0 Å². The van der Waals surface area contributed by atoms with E-state index in [1.807, 2.05) is 0 Å². The third kappa shape index (κ3) is 4.53. The van der Waals surface area contributed by atoms with E-state index in [0.717, 1.165) is 12.1 Å². The molecule has 0 bridgehead atoms. The third-order valence-corrected chi connectivity index (χ3v) is 3.55. The molecule has 0 aromatic heterocycles. The van der Waals surface area contributed by atoms with Crippen LogP contribution in [-0.2, 0) is 9.59 Å². The van der Waals surface area contributed by atoms with Crippen molar-refractivity contribution in [3.8, 4) is 5.75 Å². The first kappa shape index (κ1) is 18.4. The summed E-state index contributed by atoms with van der Waals surface area (Å²) in [7, 11) is 1.48. The van der Waals surface area contributed by atoms with Crippen LogP contribution in [0.15, 0.2) is 42.5 Å². The molecule has 7 heteroatoms. The molecule has 0 radical (unpaired) electrons. The molecule has 0 heterocycles. The quantitative estimate of drug-likeness (QED) is 0.871. The van der Waals surface area contributed by atoms with E-state index in [0.29, 0.717) is 11.4 Å². The second-order valence-corrected chi connectivity index (χ2v) is 5.24. The van der Waals surface area contributed by atoms with Gasteiger partial charge < -0.3 is 15.0 Å². The van der Waals surface area contributed by atoms with Crippen LogP contribution in [-0.4, -0.2) is 25.5 Å². The standard InChI is InChI=1S/C18H18F2N2O3/c1-12(23)22(15-8-3-4-9-16(15)25-2)11-10-17(24)21-18-13(19)6-5-7-14(18)20/h3-9H,10-11H2,1-2H3,(H,21,24). The van der Waals surface area contributed by atoms with Gasteiger partial charge in [-0.3, -0.25) is 9.59 Å². The Morgan fingerprint density at radius 1 is 1.08 bits per heavy atom. The smallest absolute Gasteiger partial charge is 0.226 e. The molecule has 2 rings (SSSR count). The number of para-hydroxylation sites is 3. The molecule has 1 N–H and O–H groups in total. The van der Waals surface area contributed by atoms with E-state index < -0.39 is 23.2 Å². The van der Waals surface area contributed by atoms with Crippen LogP contribution >= 0.6 is 0 Å². The predicted octanol–water partition coefficient (Wildman–Crippen LogP) is 3.36. The normalized spacial score (nSPS) is 10.2. The van der Waals surface area contributed by atoms with Crippen molar-refractivity contribution in [3.63, 3.8) is 0 Å². The first-order valence-electron chi connectivity index (χ1n) is 7.59. The summed E-state index contributed by atoms with van der Waals surface area (Å²) in [5.41, 5.74) is 0.0153. The molecular weight excluding hydrogens is 330 g/mol. The fourth-order valence-corrected chi connectivity index (χ4v) is 2.33. The van der Waals surface area contributed by atoms with E-state index in [9.17, 15) is 18.4 Å². The number of hydrogen-bond donors (Lipinski definition) is 1. The maximum Gasteiger partial charge on any atom is 0.226 e. The number of methoxy groups -OCH3 is 1. The van der Waals surface area contributed by atoms with Crippen LogP contribution in [0.1, 0.15) is 13.3 Å². The molecule has 132 valence electrons. The Bertz CT molecular complexity index is 760. The molecule has 0 atom stereocenters. The monoisotopic (exact) mass is 348 g/mol. The van der Waals surface area contributed by atoms with E-state index >= 15 is 0 Å². The van der Waals surface area contributed by atoms with Crippen LogP contribution in [0.5, 0.6) is 5.75 Å². The topological polar surface area (TPSA) is 58.6 Å². The summed E-state index contributed by atoms with van der Waals surface area (Å²) in [5.74, 6) is -2.12. The Kier molecular flexibility index (Phi) is 6.05. The van der Waals surface area contributed by atoms with Gasteiger partial charge in [0.1, 0.15) is 23.1 Å². The average Bonchev–Trinajstić information content (AvgIpc) is 2.58. The molecule has 25 heavy (non-hydrogen) atoms. The molecule has 0 aliphatic heterocycles. The van der Waals surface area contributed by atoms with Gasteiger partial charge in [0.2, 0.25) is 11.8 Å². The highest BCUT2D eigenvalue weighted by atomic mass is 19.1. The number of benzene rings is 2. The lowest BCUT2D eigenvalue weighted by molar-refractivity contribution is -0.117. The molecule has 0 saturated heterocycles. The minimum Gasteiger partial charge on any atom is -0.495 e.